The molecule has 0 aliphatic carbocycles. The van der Waals surface area contributed by atoms with Crippen LogP contribution in [-0.4, -0.2) is 12.6 Å². The number of likely N-dealkylation sites (N-methyl/N-ethyl adjacent to an activating group) is 1. The van der Waals surface area contributed by atoms with Crippen LogP contribution in [0.1, 0.15) is 19.4 Å². The van der Waals surface area contributed by atoms with E-state index < -0.39 is 0 Å². The van der Waals surface area contributed by atoms with Gasteiger partial charge in [-0.2, -0.15) is 0 Å². The van der Waals surface area contributed by atoms with Gasteiger partial charge in [-0.1, -0.05) is 30.4 Å². The molecule has 1 aromatic rings. The van der Waals surface area contributed by atoms with E-state index in [1.807, 2.05) is 0 Å². The standard InChI is InChI=1S/C12H15N/c1-3-13-10(2)8-9-11-6-4-5-7-12(11)13/h4-10H,3H2,1-2H3. The third kappa shape index (κ3) is 1.35. The van der Waals surface area contributed by atoms with Crippen LogP contribution in [0.15, 0.2) is 30.3 Å². The Kier molecular flexibility index (Phi) is 2.09. The molecule has 1 heterocycles. The molecule has 0 spiro atoms. The van der Waals surface area contributed by atoms with Gasteiger partial charge in [-0.05, 0) is 25.5 Å². The Labute approximate surface area is 79.7 Å². The third-order valence-corrected chi connectivity index (χ3v) is 2.63. The SMILES string of the molecule is CCN1c2ccccc2C=CC1C. The molecule has 1 aliphatic rings. The highest BCUT2D eigenvalue weighted by molar-refractivity contribution is 5.71. The van der Waals surface area contributed by atoms with Crippen molar-refractivity contribution in [1.82, 2.24) is 0 Å². The molecule has 0 fully saturated rings. The summed E-state index contributed by atoms with van der Waals surface area (Å²) in [6.45, 7) is 5.50. The minimum absolute atomic E-state index is 0.528. The molecule has 1 aliphatic heterocycles. The maximum Gasteiger partial charge on any atom is 0.0448 e. The smallest absolute Gasteiger partial charge is 0.0448 e. The minimum atomic E-state index is 0.528. The van der Waals surface area contributed by atoms with Crippen LogP contribution >= 0.6 is 0 Å². The predicted molar refractivity (Wildman–Crippen MR) is 58.0 cm³/mol. The van der Waals surface area contributed by atoms with Crippen molar-refractivity contribution in [2.75, 3.05) is 11.4 Å². The molecule has 0 saturated heterocycles. The van der Waals surface area contributed by atoms with E-state index in [1.165, 1.54) is 11.3 Å². The summed E-state index contributed by atoms with van der Waals surface area (Å²) in [6, 6.07) is 9.08. The van der Waals surface area contributed by atoms with Gasteiger partial charge in [-0.3, -0.25) is 0 Å². The van der Waals surface area contributed by atoms with E-state index >= 15 is 0 Å². The Morgan fingerprint density at radius 1 is 1.31 bits per heavy atom. The van der Waals surface area contributed by atoms with Gasteiger partial charge in [-0.15, -0.1) is 0 Å². The van der Waals surface area contributed by atoms with E-state index in [9.17, 15) is 0 Å². The summed E-state index contributed by atoms with van der Waals surface area (Å²) in [7, 11) is 0. The average Bonchev–Trinajstić information content (AvgIpc) is 2.18. The molecule has 0 N–H and O–H groups in total. The molecule has 2 rings (SSSR count). The number of hydrogen-bond acceptors (Lipinski definition) is 1. The Bertz CT molecular complexity index is 328. The van der Waals surface area contributed by atoms with Gasteiger partial charge in [-0.25, -0.2) is 0 Å². The molecule has 13 heavy (non-hydrogen) atoms. The second-order valence-electron chi connectivity index (χ2n) is 3.44. The summed E-state index contributed by atoms with van der Waals surface area (Å²) in [5, 5.41) is 0. The van der Waals surface area contributed by atoms with Gasteiger partial charge < -0.3 is 4.90 Å². The van der Waals surface area contributed by atoms with E-state index in [0.717, 1.165) is 6.54 Å². The summed E-state index contributed by atoms with van der Waals surface area (Å²) >= 11 is 0. The zero-order chi connectivity index (χ0) is 9.26. The molecule has 0 saturated carbocycles. The number of fused-ring (bicyclic) bond motifs is 1. The van der Waals surface area contributed by atoms with Crippen molar-refractivity contribution < 1.29 is 0 Å². The molecule has 1 nitrogen and oxygen atoms in total. The molecule has 0 amide bonds. The number of hydrogen-bond donors (Lipinski definition) is 0. The van der Waals surface area contributed by atoms with Gasteiger partial charge >= 0.3 is 0 Å². The Morgan fingerprint density at radius 2 is 2.08 bits per heavy atom. The van der Waals surface area contributed by atoms with Gasteiger partial charge in [0.15, 0.2) is 0 Å². The second kappa shape index (κ2) is 3.25. The van der Waals surface area contributed by atoms with Crippen molar-refractivity contribution in [1.29, 1.82) is 0 Å². The lowest BCUT2D eigenvalue weighted by molar-refractivity contribution is 0.753. The summed E-state index contributed by atoms with van der Waals surface area (Å²) in [6.07, 6.45) is 4.47. The van der Waals surface area contributed by atoms with Crippen molar-refractivity contribution in [3.63, 3.8) is 0 Å². The summed E-state index contributed by atoms with van der Waals surface area (Å²) in [5.41, 5.74) is 2.70. The minimum Gasteiger partial charge on any atom is -0.365 e. The number of nitrogens with zero attached hydrogens (tertiary/aromatic N) is 1. The van der Waals surface area contributed by atoms with E-state index in [0.29, 0.717) is 6.04 Å². The fourth-order valence-electron chi connectivity index (χ4n) is 1.91. The van der Waals surface area contributed by atoms with Crippen LogP contribution in [0.25, 0.3) is 6.08 Å². The molecule has 1 atom stereocenters. The third-order valence-electron chi connectivity index (χ3n) is 2.63. The molecule has 0 bridgehead atoms. The van der Waals surface area contributed by atoms with Crippen molar-refractivity contribution in [2.24, 2.45) is 0 Å². The molecule has 1 unspecified atom stereocenters. The highest BCUT2D eigenvalue weighted by Gasteiger charge is 2.15. The van der Waals surface area contributed by atoms with E-state index in [1.54, 1.807) is 0 Å². The van der Waals surface area contributed by atoms with E-state index in [2.05, 4.69) is 55.2 Å². The first-order valence-electron chi connectivity index (χ1n) is 4.87. The monoisotopic (exact) mass is 173 g/mol. The normalized spacial score (nSPS) is 20.2. The lowest BCUT2D eigenvalue weighted by atomic mass is 10.0. The number of para-hydroxylation sites is 1. The van der Waals surface area contributed by atoms with Crippen LogP contribution in [0.4, 0.5) is 5.69 Å². The number of rotatable bonds is 1. The molecule has 1 aromatic carbocycles. The second-order valence-corrected chi connectivity index (χ2v) is 3.44. The highest BCUT2D eigenvalue weighted by Crippen LogP contribution is 2.27. The van der Waals surface area contributed by atoms with Gasteiger partial charge in [0, 0.05) is 18.3 Å². The summed E-state index contributed by atoms with van der Waals surface area (Å²) in [5.74, 6) is 0. The topological polar surface area (TPSA) is 3.24 Å². The first-order chi connectivity index (χ1) is 6.33. The average molecular weight is 173 g/mol. The van der Waals surface area contributed by atoms with Crippen LogP contribution in [0, 0.1) is 0 Å². The molecular formula is C12H15N. The van der Waals surface area contributed by atoms with Crippen LogP contribution in [0.3, 0.4) is 0 Å². The predicted octanol–water partition coefficient (Wildman–Crippen LogP) is 2.93. The van der Waals surface area contributed by atoms with E-state index in [-0.39, 0.29) is 0 Å². The zero-order valence-corrected chi connectivity index (χ0v) is 8.20. The van der Waals surface area contributed by atoms with Gasteiger partial charge in [0.25, 0.3) is 0 Å². The first-order valence-corrected chi connectivity index (χ1v) is 4.87. The van der Waals surface area contributed by atoms with Crippen LogP contribution in [0.5, 0.6) is 0 Å². The maximum absolute atomic E-state index is 2.41. The number of benzene rings is 1. The highest BCUT2D eigenvalue weighted by atomic mass is 15.2. The molecular weight excluding hydrogens is 158 g/mol. The largest absolute Gasteiger partial charge is 0.365 e. The Balaban J connectivity index is 2.47. The van der Waals surface area contributed by atoms with Crippen molar-refractivity contribution in [3.8, 4) is 0 Å². The fourth-order valence-corrected chi connectivity index (χ4v) is 1.91. The van der Waals surface area contributed by atoms with Gasteiger partial charge in [0.2, 0.25) is 0 Å². The lowest BCUT2D eigenvalue weighted by Crippen LogP contribution is -2.33. The quantitative estimate of drug-likeness (QED) is 0.631. The van der Waals surface area contributed by atoms with Gasteiger partial charge in [0.05, 0.1) is 0 Å². The van der Waals surface area contributed by atoms with Crippen molar-refractivity contribution >= 4 is 11.8 Å². The first kappa shape index (κ1) is 8.36. The molecule has 68 valence electrons. The maximum atomic E-state index is 2.41. The summed E-state index contributed by atoms with van der Waals surface area (Å²) < 4.78 is 0. The molecule has 0 radical (unpaired) electrons. The Hall–Kier alpha value is -1.24. The molecule has 0 aromatic heterocycles. The lowest BCUT2D eigenvalue weighted by Gasteiger charge is -2.32. The Morgan fingerprint density at radius 3 is 2.85 bits per heavy atom. The van der Waals surface area contributed by atoms with Crippen molar-refractivity contribution in [3.05, 3.63) is 35.9 Å². The fraction of sp³-hybridized carbons (Fsp3) is 0.333. The van der Waals surface area contributed by atoms with Crippen molar-refractivity contribution in [2.45, 2.75) is 19.9 Å². The summed E-state index contributed by atoms with van der Waals surface area (Å²) in [4.78, 5) is 2.41. The van der Waals surface area contributed by atoms with Crippen LogP contribution < -0.4 is 4.90 Å². The molecule has 1 heteroatoms. The van der Waals surface area contributed by atoms with E-state index in [4.69, 9.17) is 0 Å². The van der Waals surface area contributed by atoms with Crippen LogP contribution in [-0.2, 0) is 0 Å². The zero-order valence-electron chi connectivity index (χ0n) is 8.20. The van der Waals surface area contributed by atoms with Gasteiger partial charge in [0.1, 0.15) is 0 Å². The van der Waals surface area contributed by atoms with Crippen LogP contribution in [0.2, 0.25) is 0 Å². The number of anilines is 1.